The van der Waals surface area contributed by atoms with Crippen molar-refractivity contribution in [2.24, 2.45) is 17.6 Å². The van der Waals surface area contributed by atoms with Crippen LogP contribution in [0, 0.1) is 11.8 Å². The number of nitrogens with one attached hydrogen (secondary N) is 4. The van der Waals surface area contributed by atoms with Crippen molar-refractivity contribution in [2.45, 2.75) is 83.5 Å². The van der Waals surface area contributed by atoms with Crippen LogP contribution in [-0.4, -0.2) is 101 Å². The second-order valence-corrected chi connectivity index (χ2v) is 10.2. The van der Waals surface area contributed by atoms with Crippen molar-refractivity contribution in [3.8, 4) is 0 Å². The maximum Gasteiger partial charge on any atom is 0.303 e. The molecule has 8 N–H and O–H groups in total. The molecule has 0 aromatic carbocycles. The fourth-order valence-electron chi connectivity index (χ4n) is 4.25. The Kier molecular flexibility index (Phi) is 14.0. The van der Waals surface area contributed by atoms with Gasteiger partial charge >= 0.3 is 5.97 Å². The van der Waals surface area contributed by atoms with Crippen LogP contribution in [0.4, 0.5) is 0 Å². The molecule has 0 aliphatic carbocycles. The SMILES string of the molecule is CNC(=O)[C@@H]1CCCN1C(=O)[C@H](CO)NC(=O)[C@@H](NC(=O)[C@H](CCC(N)=O)NC(=O)[C@@H](C)CCC(=O)O)C(C)C. The lowest BCUT2D eigenvalue weighted by molar-refractivity contribution is -0.143. The second kappa shape index (κ2) is 16.4. The van der Waals surface area contributed by atoms with Crippen molar-refractivity contribution in [2.75, 3.05) is 20.2 Å². The molecule has 5 atom stereocenters. The third kappa shape index (κ3) is 10.4. The van der Waals surface area contributed by atoms with Gasteiger partial charge in [0.25, 0.3) is 0 Å². The Balaban J connectivity index is 2.99. The number of nitrogens with two attached hydrogens (primary N) is 1. The molecule has 1 heterocycles. The first-order valence-corrected chi connectivity index (χ1v) is 13.3. The summed E-state index contributed by atoms with van der Waals surface area (Å²) in [5.41, 5.74) is 5.20. The monoisotopic (exact) mass is 570 g/mol. The highest BCUT2D eigenvalue weighted by molar-refractivity contribution is 5.96. The number of carbonyl (C=O) groups is 7. The molecular weight excluding hydrogens is 528 g/mol. The van der Waals surface area contributed by atoms with Crippen LogP contribution in [-0.2, 0) is 33.6 Å². The van der Waals surface area contributed by atoms with E-state index in [9.17, 15) is 38.7 Å². The summed E-state index contributed by atoms with van der Waals surface area (Å²) in [6.07, 6.45) is 0.372. The van der Waals surface area contributed by atoms with Gasteiger partial charge in [0.2, 0.25) is 35.4 Å². The third-order valence-electron chi connectivity index (χ3n) is 6.68. The summed E-state index contributed by atoms with van der Waals surface area (Å²) in [5.74, 6) is -6.22. The van der Waals surface area contributed by atoms with E-state index in [1.807, 2.05) is 0 Å². The number of carbonyl (C=O) groups excluding carboxylic acids is 6. The lowest BCUT2D eigenvalue weighted by atomic mass is 10.0. The average molecular weight is 571 g/mol. The van der Waals surface area contributed by atoms with E-state index in [4.69, 9.17) is 10.8 Å². The molecule has 40 heavy (non-hydrogen) atoms. The molecule has 226 valence electrons. The molecule has 1 aliphatic heterocycles. The minimum absolute atomic E-state index is 0.0245. The molecule has 1 fully saturated rings. The fourth-order valence-corrected chi connectivity index (χ4v) is 4.25. The maximum absolute atomic E-state index is 13.1. The molecule has 0 saturated carbocycles. The van der Waals surface area contributed by atoms with E-state index in [-0.39, 0.29) is 38.1 Å². The van der Waals surface area contributed by atoms with E-state index in [0.717, 1.165) is 0 Å². The van der Waals surface area contributed by atoms with E-state index >= 15 is 0 Å². The van der Waals surface area contributed by atoms with Gasteiger partial charge in [-0.05, 0) is 31.6 Å². The minimum atomic E-state index is -1.36. The van der Waals surface area contributed by atoms with Crippen molar-refractivity contribution in [1.29, 1.82) is 0 Å². The molecule has 1 saturated heterocycles. The quantitative estimate of drug-likeness (QED) is 0.104. The first kappa shape index (κ1) is 34.3. The highest BCUT2D eigenvalue weighted by Crippen LogP contribution is 2.19. The van der Waals surface area contributed by atoms with Crippen LogP contribution >= 0.6 is 0 Å². The highest BCUT2D eigenvalue weighted by Gasteiger charge is 2.38. The number of aliphatic hydroxyl groups is 1. The largest absolute Gasteiger partial charge is 0.481 e. The van der Waals surface area contributed by atoms with Crippen LogP contribution in [0.2, 0.25) is 0 Å². The predicted octanol–water partition coefficient (Wildman–Crippen LogP) is -2.41. The maximum atomic E-state index is 13.1. The number of likely N-dealkylation sites (tertiary alicyclic amines) is 1. The zero-order valence-corrected chi connectivity index (χ0v) is 23.4. The van der Waals surface area contributed by atoms with E-state index in [0.29, 0.717) is 12.8 Å². The fraction of sp³-hybridized carbons (Fsp3) is 0.720. The number of aliphatic hydroxyl groups excluding tert-OH is 1. The smallest absolute Gasteiger partial charge is 0.303 e. The van der Waals surface area contributed by atoms with Gasteiger partial charge in [-0.3, -0.25) is 33.6 Å². The number of amides is 6. The number of primary amides is 1. The molecule has 0 aromatic rings. The van der Waals surface area contributed by atoms with E-state index in [1.54, 1.807) is 13.8 Å². The number of rotatable bonds is 16. The Hall–Kier alpha value is -3.75. The van der Waals surface area contributed by atoms with Gasteiger partial charge in [0, 0.05) is 32.4 Å². The first-order chi connectivity index (χ1) is 18.7. The molecule has 0 bridgehead atoms. The standard InChI is InChI=1S/C25H42N6O9/c1-13(2)20(24(39)29-16(12-32)25(40)31-11-5-6-17(31)23(38)27-4)30-22(37)15(8-9-18(26)33)28-21(36)14(3)7-10-19(34)35/h13-17,20,32H,5-12H2,1-4H3,(H2,26,33)(H,27,38)(H,28,36)(H,29,39)(H,30,37)(H,34,35)/t14-,15-,16-,17-,20-/m0/s1. The molecule has 0 aromatic heterocycles. The Morgan fingerprint density at radius 3 is 2.05 bits per heavy atom. The van der Waals surface area contributed by atoms with Gasteiger partial charge in [-0.1, -0.05) is 20.8 Å². The lowest BCUT2D eigenvalue weighted by Gasteiger charge is -2.30. The summed E-state index contributed by atoms with van der Waals surface area (Å²) >= 11 is 0. The van der Waals surface area contributed by atoms with Crippen molar-refractivity contribution >= 4 is 41.4 Å². The van der Waals surface area contributed by atoms with Crippen LogP contribution in [0.25, 0.3) is 0 Å². The van der Waals surface area contributed by atoms with Crippen LogP contribution in [0.1, 0.15) is 59.3 Å². The summed E-state index contributed by atoms with van der Waals surface area (Å²) in [5, 5.41) is 28.6. The van der Waals surface area contributed by atoms with Crippen LogP contribution in [0.5, 0.6) is 0 Å². The van der Waals surface area contributed by atoms with E-state index in [1.165, 1.54) is 18.9 Å². The lowest BCUT2D eigenvalue weighted by Crippen LogP contribution is -2.60. The Morgan fingerprint density at radius 1 is 0.900 bits per heavy atom. The number of aliphatic carboxylic acids is 1. The van der Waals surface area contributed by atoms with Crippen molar-refractivity contribution in [3.63, 3.8) is 0 Å². The number of hydrogen-bond donors (Lipinski definition) is 7. The molecule has 6 amide bonds. The number of carboxylic acids is 1. The van der Waals surface area contributed by atoms with Gasteiger partial charge < -0.3 is 42.1 Å². The van der Waals surface area contributed by atoms with Gasteiger partial charge in [0.05, 0.1) is 6.61 Å². The summed E-state index contributed by atoms with van der Waals surface area (Å²) in [6.45, 7) is 4.29. The molecule has 1 rings (SSSR count). The summed E-state index contributed by atoms with van der Waals surface area (Å²) < 4.78 is 0. The second-order valence-electron chi connectivity index (χ2n) is 10.2. The van der Waals surface area contributed by atoms with Crippen molar-refractivity contribution in [3.05, 3.63) is 0 Å². The van der Waals surface area contributed by atoms with E-state index in [2.05, 4.69) is 21.3 Å². The zero-order chi connectivity index (χ0) is 30.6. The van der Waals surface area contributed by atoms with Gasteiger partial charge in [0.1, 0.15) is 24.2 Å². The summed E-state index contributed by atoms with van der Waals surface area (Å²) in [4.78, 5) is 87.5. The third-order valence-corrected chi connectivity index (χ3v) is 6.68. The highest BCUT2D eigenvalue weighted by atomic mass is 16.4. The Labute approximate surface area is 233 Å². The number of carboxylic acid groups (broad SMARTS) is 1. The van der Waals surface area contributed by atoms with Gasteiger partial charge in [-0.2, -0.15) is 0 Å². The average Bonchev–Trinajstić information content (AvgIpc) is 3.39. The summed E-state index contributed by atoms with van der Waals surface area (Å²) in [6, 6.07) is -4.54. The molecule has 15 nitrogen and oxygen atoms in total. The van der Waals surface area contributed by atoms with Crippen LogP contribution in [0.15, 0.2) is 0 Å². The van der Waals surface area contributed by atoms with E-state index < -0.39 is 78.1 Å². The molecule has 1 aliphatic rings. The molecular formula is C25H42N6O9. The minimum Gasteiger partial charge on any atom is -0.481 e. The first-order valence-electron chi connectivity index (χ1n) is 13.3. The van der Waals surface area contributed by atoms with Crippen LogP contribution in [0.3, 0.4) is 0 Å². The van der Waals surface area contributed by atoms with Gasteiger partial charge in [0.15, 0.2) is 0 Å². The normalized spacial score (nSPS) is 17.8. The number of hydrogen-bond acceptors (Lipinski definition) is 8. The van der Waals surface area contributed by atoms with Gasteiger partial charge in [-0.15, -0.1) is 0 Å². The topological polar surface area (TPSA) is 237 Å². The number of nitrogens with zero attached hydrogens (tertiary/aromatic N) is 1. The molecule has 0 radical (unpaired) electrons. The van der Waals surface area contributed by atoms with Gasteiger partial charge in [-0.25, -0.2) is 0 Å². The van der Waals surface area contributed by atoms with Crippen molar-refractivity contribution < 1.29 is 43.8 Å². The zero-order valence-electron chi connectivity index (χ0n) is 23.4. The Morgan fingerprint density at radius 2 is 1.52 bits per heavy atom. The predicted molar refractivity (Wildman–Crippen MR) is 141 cm³/mol. The number of likely N-dealkylation sites (N-methyl/N-ethyl adjacent to an activating group) is 1. The van der Waals surface area contributed by atoms with Crippen LogP contribution < -0.4 is 27.0 Å². The Bertz CT molecular complexity index is 957. The summed E-state index contributed by atoms with van der Waals surface area (Å²) in [7, 11) is 1.44. The molecule has 0 unspecified atom stereocenters. The molecule has 15 heteroatoms. The van der Waals surface area contributed by atoms with Crippen molar-refractivity contribution in [1.82, 2.24) is 26.2 Å². The molecule has 0 spiro atoms.